The standard InChI is InChI=1S/C16H16Cl2N2OS/c17-10-5-6-15(19)12(7-10)13(8-22-9-16(20)21)11-3-1-2-4-14(11)18/h1-7,13H,8-9,19H2,(H2,20,21). The molecule has 1 amide bonds. The molecule has 3 nitrogen and oxygen atoms in total. The molecule has 4 N–H and O–H groups in total. The van der Waals surface area contributed by atoms with E-state index in [1.54, 1.807) is 12.1 Å². The van der Waals surface area contributed by atoms with E-state index >= 15 is 0 Å². The molecule has 2 aromatic rings. The van der Waals surface area contributed by atoms with E-state index in [0.717, 1.165) is 11.1 Å². The topological polar surface area (TPSA) is 69.1 Å². The summed E-state index contributed by atoms with van der Waals surface area (Å²) < 4.78 is 0. The molecular weight excluding hydrogens is 339 g/mol. The fraction of sp³-hybridized carbons (Fsp3) is 0.188. The molecule has 2 aromatic carbocycles. The van der Waals surface area contributed by atoms with Crippen LogP contribution in [0.25, 0.3) is 0 Å². The van der Waals surface area contributed by atoms with E-state index < -0.39 is 0 Å². The molecule has 0 aromatic heterocycles. The van der Waals surface area contributed by atoms with E-state index in [2.05, 4.69) is 0 Å². The van der Waals surface area contributed by atoms with Crippen molar-refractivity contribution in [3.63, 3.8) is 0 Å². The van der Waals surface area contributed by atoms with Crippen LogP contribution in [0.4, 0.5) is 5.69 Å². The Balaban J connectivity index is 2.39. The van der Waals surface area contributed by atoms with Crippen molar-refractivity contribution >= 4 is 46.6 Å². The fourth-order valence-corrected chi connectivity index (χ4v) is 3.59. The van der Waals surface area contributed by atoms with Gasteiger partial charge in [-0.15, -0.1) is 0 Å². The molecule has 0 aliphatic heterocycles. The Morgan fingerprint density at radius 1 is 1.14 bits per heavy atom. The monoisotopic (exact) mass is 354 g/mol. The molecule has 0 saturated heterocycles. The van der Waals surface area contributed by atoms with Gasteiger partial charge in [-0.3, -0.25) is 4.79 Å². The third kappa shape index (κ3) is 4.32. The maximum Gasteiger partial charge on any atom is 0.227 e. The number of benzene rings is 2. The van der Waals surface area contributed by atoms with Gasteiger partial charge in [-0.25, -0.2) is 0 Å². The van der Waals surface area contributed by atoms with Crippen molar-refractivity contribution in [3.8, 4) is 0 Å². The van der Waals surface area contributed by atoms with E-state index in [0.29, 0.717) is 21.5 Å². The second kappa shape index (κ2) is 7.77. The van der Waals surface area contributed by atoms with Crippen LogP contribution in [-0.4, -0.2) is 17.4 Å². The summed E-state index contributed by atoms with van der Waals surface area (Å²) in [6.07, 6.45) is 0. The third-order valence-corrected chi connectivity index (χ3v) is 4.87. The Kier molecular flexibility index (Phi) is 6.00. The summed E-state index contributed by atoms with van der Waals surface area (Å²) in [4.78, 5) is 11.0. The minimum Gasteiger partial charge on any atom is -0.398 e. The summed E-state index contributed by atoms with van der Waals surface area (Å²) in [5.74, 6) is 0.484. The zero-order valence-electron chi connectivity index (χ0n) is 11.8. The van der Waals surface area contributed by atoms with Crippen LogP contribution in [-0.2, 0) is 4.79 Å². The van der Waals surface area contributed by atoms with Gasteiger partial charge in [0.1, 0.15) is 0 Å². The normalized spacial score (nSPS) is 12.1. The number of amides is 1. The van der Waals surface area contributed by atoms with Crippen LogP contribution in [0.5, 0.6) is 0 Å². The van der Waals surface area contributed by atoms with E-state index in [-0.39, 0.29) is 17.6 Å². The van der Waals surface area contributed by atoms with Crippen LogP contribution in [0.3, 0.4) is 0 Å². The molecule has 0 fully saturated rings. The van der Waals surface area contributed by atoms with Crippen molar-refractivity contribution < 1.29 is 4.79 Å². The van der Waals surface area contributed by atoms with Crippen molar-refractivity contribution in [3.05, 3.63) is 63.6 Å². The van der Waals surface area contributed by atoms with Crippen molar-refractivity contribution in [2.75, 3.05) is 17.2 Å². The summed E-state index contributed by atoms with van der Waals surface area (Å²) in [7, 11) is 0. The lowest BCUT2D eigenvalue weighted by atomic mass is 9.91. The first kappa shape index (κ1) is 17.0. The predicted molar refractivity (Wildman–Crippen MR) is 95.7 cm³/mol. The minimum absolute atomic E-state index is 0.0586. The Hall–Kier alpha value is -1.36. The third-order valence-electron chi connectivity index (χ3n) is 3.23. The number of carbonyl (C=O) groups excluding carboxylic acids is 1. The number of rotatable bonds is 6. The van der Waals surface area contributed by atoms with Crippen molar-refractivity contribution in [1.82, 2.24) is 0 Å². The summed E-state index contributed by atoms with van der Waals surface area (Å²) in [5, 5.41) is 1.27. The maximum atomic E-state index is 11.0. The first-order chi connectivity index (χ1) is 10.5. The molecule has 0 bridgehead atoms. The van der Waals surface area contributed by atoms with Crippen molar-refractivity contribution in [1.29, 1.82) is 0 Å². The number of anilines is 1. The first-order valence-corrected chi connectivity index (χ1v) is 8.55. The average Bonchev–Trinajstić information content (AvgIpc) is 2.47. The van der Waals surface area contributed by atoms with E-state index in [4.69, 9.17) is 34.7 Å². The summed E-state index contributed by atoms with van der Waals surface area (Å²) in [6, 6.07) is 13.0. The number of thioether (sulfide) groups is 1. The molecule has 6 heteroatoms. The molecule has 116 valence electrons. The van der Waals surface area contributed by atoms with Crippen molar-refractivity contribution in [2.45, 2.75) is 5.92 Å². The Labute approximate surface area is 144 Å². The van der Waals surface area contributed by atoms with Crippen LogP contribution in [0.15, 0.2) is 42.5 Å². The Morgan fingerprint density at radius 2 is 1.86 bits per heavy atom. The molecular formula is C16H16Cl2N2OS. The van der Waals surface area contributed by atoms with Gasteiger partial charge in [0.25, 0.3) is 0 Å². The van der Waals surface area contributed by atoms with E-state index in [1.807, 2.05) is 30.3 Å². The zero-order chi connectivity index (χ0) is 16.1. The Morgan fingerprint density at radius 3 is 2.55 bits per heavy atom. The van der Waals surface area contributed by atoms with Crippen LogP contribution in [0.2, 0.25) is 10.0 Å². The molecule has 0 spiro atoms. The lowest BCUT2D eigenvalue weighted by Gasteiger charge is -2.21. The van der Waals surface area contributed by atoms with Gasteiger partial charge in [0.05, 0.1) is 5.75 Å². The number of nitrogen functional groups attached to an aromatic ring is 1. The van der Waals surface area contributed by atoms with Gasteiger partial charge in [-0.2, -0.15) is 11.8 Å². The summed E-state index contributed by atoms with van der Waals surface area (Å²) in [6.45, 7) is 0. The summed E-state index contributed by atoms with van der Waals surface area (Å²) in [5.41, 5.74) is 13.8. The van der Waals surface area contributed by atoms with Gasteiger partial charge in [0, 0.05) is 27.4 Å². The van der Waals surface area contributed by atoms with Crippen LogP contribution in [0, 0.1) is 0 Å². The number of nitrogens with two attached hydrogens (primary N) is 2. The molecule has 0 radical (unpaired) electrons. The predicted octanol–water partition coefficient (Wildman–Crippen LogP) is 3.93. The molecule has 22 heavy (non-hydrogen) atoms. The molecule has 0 heterocycles. The highest BCUT2D eigenvalue weighted by atomic mass is 35.5. The maximum absolute atomic E-state index is 11.0. The second-order valence-electron chi connectivity index (χ2n) is 4.83. The molecule has 0 saturated carbocycles. The van der Waals surface area contributed by atoms with Gasteiger partial charge in [-0.05, 0) is 35.4 Å². The number of carbonyl (C=O) groups is 1. The second-order valence-corrected chi connectivity index (χ2v) is 6.70. The van der Waals surface area contributed by atoms with Crippen molar-refractivity contribution in [2.24, 2.45) is 5.73 Å². The molecule has 0 aliphatic carbocycles. The van der Waals surface area contributed by atoms with Crippen LogP contribution >= 0.6 is 35.0 Å². The lowest BCUT2D eigenvalue weighted by Crippen LogP contribution is -2.15. The Bertz CT molecular complexity index is 679. The SMILES string of the molecule is NC(=O)CSCC(c1cc(Cl)ccc1N)c1ccccc1Cl. The van der Waals surface area contributed by atoms with Crippen LogP contribution in [0.1, 0.15) is 17.0 Å². The largest absolute Gasteiger partial charge is 0.398 e. The number of hydrogen-bond donors (Lipinski definition) is 2. The van der Waals surface area contributed by atoms with Crippen LogP contribution < -0.4 is 11.5 Å². The smallest absolute Gasteiger partial charge is 0.227 e. The molecule has 1 unspecified atom stereocenters. The van der Waals surface area contributed by atoms with Gasteiger partial charge < -0.3 is 11.5 Å². The molecule has 0 aliphatic rings. The quantitative estimate of drug-likeness (QED) is 0.772. The number of halogens is 2. The van der Waals surface area contributed by atoms with Gasteiger partial charge in [0.2, 0.25) is 5.91 Å². The molecule has 1 atom stereocenters. The molecule has 2 rings (SSSR count). The lowest BCUT2D eigenvalue weighted by molar-refractivity contribution is -0.115. The van der Waals surface area contributed by atoms with Gasteiger partial charge >= 0.3 is 0 Å². The highest BCUT2D eigenvalue weighted by Gasteiger charge is 2.20. The summed E-state index contributed by atoms with van der Waals surface area (Å²) >= 11 is 13.9. The van der Waals surface area contributed by atoms with Gasteiger partial charge in [-0.1, -0.05) is 41.4 Å². The number of primary amides is 1. The van der Waals surface area contributed by atoms with Gasteiger partial charge in [0.15, 0.2) is 0 Å². The minimum atomic E-state index is -0.345. The highest BCUT2D eigenvalue weighted by Crippen LogP contribution is 2.36. The zero-order valence-corrected chi connectivity index (χ0v) is 14.1. The highest BCUT2D eigenvalue weighted by molar-refractivity contribution is 7.99. The first-order valence-electron chi connectivity index (χ1n) is 6.64. The van der Waals surface area contributed by atoms with E-state index in [1.165, 1.54) is 11.8 Å². The fourth-order valence-electron chi connectivity index (χ4n) is 2.23. The average molecular weight is 355 g/mol. The number of hydrogen-bond acceptors (Lipinski definition) is 3. The van der Waals surface area contributed by atoms with E-state index in [9.17, 15) is 4.79 Å².